The molecule has 214 valence electrons. The summed E-state index contributed by atoms with van der Waals surface area (Å²) in [5, 5.41) is 0. The molecule has 0 aromatic heterocycles. The SMILES string of the molecule is CCC(C)(CC(C)(C)C(=O)OCCOc1ccc([I-]c2ccc(C)cc2)cc1)C(=O)OCC1CCC2OC2C1. The van der Waals surface area contributed by atoms with E-state index in [1.165, 1.54) is 12.7 Å². The Morgan fingerprint density at radius 2 is 1.56 bits per heavy atom. The van der Waals surface area contributed by atoms with E-state index >= 15 is 0 Å². The molecule has 4 rings (SSSR count). The zero-order valence-electron chi connectivity index (χ0n) is 23.8. The first-order valence-electron chi connectivity index (χ1n) is 14.0. The number of hydrogen-bond acceptors (Lipinski definition) is 6. The van der Waals surface area contributed by atoms with Crippen LogP contribution in [-0.2, 0) is 23.8 Å². The molecule has 1 heterocycles. The van der Waals surface area contributed by atoms with Crippen LogP contribution in [0.25, 0.3) is 0 Å². The fourth-order valence-corrected chi connectivity index (χ4v) is 7.36. The van der Waals surface area contributed by atoms with Gasteiger partial charge < -0.3 is 9.47 Å². The molecule has 1 aliphatic carbocycles. The summed E-state index contributed by atoms with van der Waals surface area (Å²) < 4.78 is 25.4. The van der Waals surface area contributed by atoms with Crippen LogP contribution < -0.4 is 25.9 Å². The number of hydrogen-bond donors (Lipinski definition) is 0. The summed E-state index contributed by atoms with van der Waals surface area (Å²) in [6.45, 7) is 10.5. The van der Waals surface area contributed by atoms with Gasteiger partial charge in [0.25, 0.3) is 0 Å². The number of ether oxygens (including phenoxy) is 4. The van der Waals surface area contributed by atoms with Gasteiger partial charge in [-0.1, -0.05) is 6.92 Å². The topological polar surface area (TPSA) is 74.4 Å². The summed E-state index contributed by atoms with van der Waals surface area (Å²) in [6.07, 6.45) is 4.82. The van der Waals surface area contributed by atoms with E-state index in [4.69, 9.17) is 18.9 Å². The molecular formula is C32H42IO6-. The van der Waals surface area contributed by atoms with Gasteiger partial charge in [0.15, 0.2) is 0 Å². The van der Waals surface area contributed by atoms with Crippen molar-refractivity contribution in [1.29, 1.82) is 0 Å². The minimum Gasteiger partial charge on any atom is -0.465 e. The second kappa shape index (κ2) is 13.0. The van der Waals surface area contributed by atoms with Crippen LogP contribution in [-0.4, -0.2) is 44.0 Å². The normalized spacial score (nSPS) is 21.9. The third kappa shape index (κ3) is 8.43. The van der Waals surface area contributed by atoms with Crippen molar-refractivity contribution in [2.24, 2.45) is 16.7 Å². The summed E-state index contributed by atoms with van der Waals surface area (Å²) >= 11 is -0.224. The average Bonchev–Trinajstić information content (AvgIpc) is 3.70. The van der Waals surface area contributed by atoms with Gasteiger partial charge in [0, 0.05) is 0 Å². The van der Waals surface area contributed by atoms with Gasteiger partial charge in [-0.15, -0.1) is 0 Å². The number of halogens is 1. The van der Waals surface area contributed by atoms with Crippen LogP contribution >= 0.6 is 0 Å². The molecule has 0 N–H and O–H groups in total. The molecule has 1 aliphatic heterocycles. The Balaban J connectivity index is 1.18. The van der Waals surface area contributed by atoms with E-state index in [1.54, 1.807) is 0 Å². The van der Waals surface area contributed by atoms with Crippen molar-refractivity contribution in [3.63, 3.8) is 0 Å². The molecule has 0 bridgehead atoms. The number of rotatable bonds is 13. The molecule has 4 atom stereocenters. The molecule has 4 unspecified atom stereocenters. The minimum atomic E-state index is -0.828. The predicted molar refractivity (Wildman–Crippen MR) is 145 cm³/mol. The summed E-state index contributed by atoms with van der Waals surface area (Å²) in [6, 6.07) is 16.8. The second-order valence-electron chi connectivity index (χ2n) is 11.8. The molecule has 2 aliphatic rings. The first kappa shape index (κ1) is 29.8. The number of aryl methyl sites for hydroxylation is 1. The van der Waals surface area contributed by atoms with Gasteiger partial charge >= 0.3 is 166 Å². The van der Waals surface area contributed by atoms with Crippen LogP contribution in [0.3, 0.4) is 0 Å². The van der Waals surface area contributed by atoms with E-state index in [2.05, 4.69) is 43.3 Å². The number of carbonyl (C=O) groups is 2. The number of esters is 2. The molecular weight excluding hydrogens is 607 g/mol. The quantitative estimate of drug-likeness (QED) is 0.144. The molecule has 2 fully saturated rings. The summed E-state index contributed by atoms with van der Waals surface area (Å²) in [5.74, 6) is 0.551. The van der Waals surface area contributed by atoms with Crippen LogP contribution in [0.2, 0.25) is 0 Å². The monoisotopic (exact) mass is 649 g/mol. The Morgan fingerprint density at radius 3 is 2.21 bits per heavy atom. The smallest absolute Gasteiger partial charge is 0.311 e. The molecule has 1 saturated heterocycles. The molecule has 7 heteroatoms. The Morgan fingerprint density at radius 1 is 0.897 bits per heavy atom. The minimum absolute atomic E-state index is 0.152. The van der Waals surface area contributed by atoms with Gasteiger partial charge in [0.2, 0.25) is 0 Å². The molecule has 0 spiro atoms. The third-order valence-corrected chi connectivity index (χ3v) is 10.5. The largest absolute Gasteiger partial charge is 0.465 e. The summed E-state index contributed by atoms with van der Waals surface area (Å²) in [5.41, 5.74) is -0.310. The maximum absolute atomic E-state index is 13.1. The van der Waals surface area contributed by atoms with Crippen LogP contribution in [0.1, 0.15) is 65.4 Å². The first-order chi connectivity index (χ1) is 18.6. The molecule has 0 radical (unpaired) electrons. The van der Waals surface area contributed by atoms with E-state index < -0.39 is 10.8 Å². The molecule has 2 aromatic carbocycles. The summed E-state index contributed by atoms with van der Waals surface area (Å²) in [7, 11) is 0. The zero-order chi connectivity index (χ0) is 28.0. The van der Waals surface area contributed by atoms with Crippen LogP contribution in [0, 0.1) is 30.8 Å². The predicted octanol–water partition coefficient (Wildman–Crippen LogP) is 2.99. The fourth-order valence-electron chi connectivity index (χ4n) is 5.20. The van der Waals surface area contributed by atoms with E-state index in [0.29, 0.717) is 37.6 Å². The van der Waals surface area contributed by atoms with Crippen molar-refractivity contribution in [2.75, 3.05) is 19.8 Å². The van der Waals surface area contributed by atoms with Crippen molar-refractivity contribution in [3.05, 3.63) is 61.2 Å². The number of benzene rings is 2. The molecule has 39 heavy (non-hydrogen) atoms. The van der Waals surface area contributed by atoms with E-state index in [1.807, 2.05) is 39.8 Å². The van der Waals surface area contributed by atoms with Gasteiger partial charge in [-0.05, 0) is 38.5 Å². The van der Waals surface area contributed by atoms with Gasteiger partial charge in [0.1, 0.15) is 0 Å². The van der Waals surface area contributed by atoms with Crippen molar-refractivity contribution in [2.45, 2.75) is 78.9 Å². The number of fused-ring (bicyclic) bond motifs is 1. The maximum Gasteiger partial charge on any atom is 0.311 e. The third-order valence-electron chi connectivity index (χ3n) is 7.85. The first-order valence-corrected chi connectivity index (χ1v) is 16.2. The van der Waals surface area contributed by atoms with E-state index in [9.17, 15) is 9.59 Å². The Kier molecular flexibility index (Phi) is 9.97. The second-order valence-corrected chi connectivity index (χ2v) is 14.8. The van der Waals surface area contributed by atoms with Crippen LogP contribution in [0.4, 0.5) is 0 Å². The van der Waals surface area contributed by atoms with Crippen molar-refractivity contribution >= 4 is 11.9 Å². The van der Waals surface area contributed by atoms with Crippen molar-refractivity contribution in [3.8, 4) is 5.75 Å². The van der Waals surface area contributed by atoms with Gasteiger partial charge in [-0.2, -0.15) is 0 Å². The fraction of sp³-hybridized carbons (Fsp3) is 0.562. The van der Waals surface area contributed by atoms with Crippen molar-refractivity contribution in [1.82, 2.24) is 0 Å². The van der Waals surface area contributed by atoms with E-state index in [0.717, 1.165) is 25.0 Å². The Hall–Kier alpha value is -2.13. The van der Waals surface area contributed by atoms with Crippen LogP contribution in [0.15, 0.2) is 48.5 Å². The van der Waals surface area contributed by atoms with E-state index in [-0.39, 0.29) is 46.4 Å². The molecule has 0 amide bonds. The number of epoxide rings is 1. The Labute approximate surface area is 243 Å². The average molecular weight is 650 g/mol. The summed E-state index contributed by atoms with van der Waals surface area (Å²) in [4.78, 5) is 26.0. The Bertz CT molecular complexity index is 1110. The molecule has 2 aromatic rings. The zero-order valence-corrected chi connectivity index (χ0v) is 26.0. The van der Waals surface area contributed by atoms with Gasteiger partial charge in [0.05, 0.1) is 18.8 Å². The van der Waals surface area contributed by atoms with Gasteiger partial charge in [-0.25, -0.2) is 0 Å². The standard InChI is InChI=1S/C32H42IO6/c1-6-32(5,30(35)38-20-23-9-16-27-28(19-23)39-27)21-31(3,4)29(34)37-18-17-36-26-14-12-25(13-15-26)33-24-10-7-22(2)8-11-24/h7-8,10-15,23,27-28H,6,9,16-21H2,1-5H3/q-1. The molecule has 6 nitrogen and oxygen atoms in total. The van der Waals surface area contributed by atoms with Gasteiger partial charge in [-0.3, -0.25) is 4.79 Å². The van der Waals surface area contributed by atoms with Crippen LogP contribution in [0.5, 0.6) is 5.75 Å². The maximum atomic E-state index is 13.1. The van der Waals surface area contributed by atoms with Crippen molar-refractivity contribution < 1.29 is 49.7 Å². The molecule has 1 saturated carbocycles. The number of carbonyl (C=O) groups excluding carboxylic acids is 2.